The van der Waals surface area contributed by atoms with Gasteiger partial charge in [-0.15, -0.1) is 0 Å². The van der Waals surface area contributed by atoms with Gasteiger partial charge in [0.1, 0.15) is 0 Å². The molecule has 1 N–H and O–H groups in total. The maximum atomic E-state index is 6.06. The Balaban J connectivity index is 2.06. The molecule has 0 spiro atoms. The molecule has 102 valence electrons. The molecule has 20 heavy (non-hydrogen) atoms. The molecule has 2 aromatic carbocycles. The van der Waals surface area contributed by atoms with Crippen molar-refractivity contribution in [2.24, 2.45) is 0 Å². The second-order valence-corrected chi connectivity index (χ2v) is 5.11. The number of halogens is 1. The normalized spacial score (nSPS) is 10.9. The lowest BCUT2D eigenvalue weighted by atomic mass is 10.2. The van der Waals surface area contributed by atoms with Crippen molar-refractivity contribution in [3.05, 3.63) is 59.1 Å². The maximum absolute atomic E-state index is 6.06. The van der Waals surface area contributed by atoms with Crippen LogP contribution in [0.15, 0.2) is 48.5 Å². The van der Waals surface area contributed by atoms with Gasteiger partial charge in [-0.3, -0.25) is 0 Å². The molecule has 3 nitrogen and oxygen atoms in total. The Morgan fingerprint density at radius 2 is 2.00 bits per heavy atom. The van der Waals surface area contributed by atoms with E-state index in [-0.39, 0.29) is 0 Å². The lowest BCUT2D eigenvalue weighted by molar-refractivity contribution is 0.826. The summed E-state index contributed by atoms with van der Waals surface area (Å²) in [5.74, 6) is 0.897. The summed E-state index contributed by atoms with van der Waals surface area (Å²) in [6.45, 7) is 3.67. The number of hydrogen-bond acceptors (Lipinski definition) is 2. The lowest BCUT2D eigenvalue weighted by Gasteiger charge is -2.10. The van der Waals surface area contributed by atoms with Crippen LogP contribution in [0.2, 0.25) is 5.02 Å². The fourth-order valence-corrected chi connectivity index (χ4v) is 2.56. The molecule has 1 aromatic heterocycles. The first-order valence-corrected chi connectivity index (χ1v) is 7.09. The Kier molecular flexibility index (Phi) is 3.61. The molecule has 0 saturated heterocycles. The van der Waals surface area contributed by atoms with Crippen LogP contribution in [0, 0.1) is 0 Å². The van der Waals surface area contributed by atoms with Gasteiger partial charge in [0.25, 0.3) is 0 Å². The molecular weight excluding hydrogens is 270 g/mol. The number of aromatic nitrogens is 2. The van der Waals surface area contributed by atoms with Gasteiger partial charge in [0.05, 0.1) is 17.6 Å². The number of fused-ring (bicyclic) bond motifs is 1. The second kappa shape index (κ2) is 5.55. The van der Waals surface area contributed by atoms with Gasteiger partial charge in [-0.25, -0.2) is 4.98 Å². The first-order chi connectivity index (χ1) is 9.78. The molecule has 0 aliphatic heterocycles. The molecule has 3 rings (SSSR count). The third-order valence-electron chi connectivity index (χ3n) is 3.22. The van der Waals surface area contributed by atoms with Crippen LogP contribution < -0.4 is 5.32 Å². The monoisotopic (exact) mass is 285 g/mol. The molecule has 0 radical (unpaired) electrons. The van der Waals surface area contributed by atoms with Crippen LogP contribution >= 0.6 is 11.6 Å². The molecule has 0 bridgehead atoms. The van der Waals surface area contributed by atoms with Crippen LogP contribution in [0.4, 0.5) is 5.95 Å². The third kappa shape index (κ3) is 2.49. The Morgan fingerprint density at radius 1 is 1.15 bits per heavy atom. The van der Waals surface area contributed by atoms with Crippen LogP contribution in [0.25, 0.3) is 11.0 Å². The first-order valence-electron chi connectivity index (χ1n) is 6.71. The highest BCUT2D eigenvalue weighted by molar-refractivity contribution is 6.30. The van der Waals surface area contributed by atoms with E-state index in [9.17, 15) is 0 Å². The maximum Gasteiger partial charge on any atom is 0.204 e. The molecule has 0 saturated carbocycles. The molecule has 4 heteroatoms. The standard InChI is InChI=1S/C16H16ClN3/c1-2-18-16-19-14-8-3-4-9-15(14)20(16)11-12-6-5-7-13(17)10-12/h3-10H,2,11H2,1H3,(H,18,19). The first kappa shape index (κ1) is 13.0. The number of anilines is 1. The zero-order chi connectivity index (χ0) is 13.9. The molecule has 0 aliphatic carbocycles. The van der Waals surface area contributed by atoms with Gasteiger partial charge in [-0.05, 0) is 36.8 Å². The number of rotatable bonds is 4. The fraction of sp³-hybridized carbons (Fsp3) is 0.188. The van der Waals surface area contributed by atoms with Gasteiger partial charge in [0.2, 0.25) is 5.95 Å². The van der Waals surface area contributed by atoms with E-state index in [1.165, 1.54) is 5.56 Å². The van der Waals surface area contributed by atoms with Crippen LogP contribution in [-0.4, -0.2) is 16.1 Å². The van der Waals surface area contributed by atoms with Crippen LogP contribution in [0.3, 0.4) is 0 Å². The summed E-state index contributed by atoms with van der Waals surface area (Å²) < 4.78 is 2.19. The summed E-state index contributed by atoms with van der Waals surface area (Å²) in [4.78, 5) is 4.64. The molecule has 0 amide bonds. The van der Waals surface area contributed by atoms with Gasteiger partial charge in [0, 0.05) is 11.6 Å². The van der Waals surface area contributed by atoms with E-state index in [0.717, 1.165) is 35.1 Å². The van der Waals surface area contributed by atoms with Crippen molar-refractivity contribution in [1.29, 1.82) is 0 Å². The van der Waals surface area contributed by atoms with Gasteiger partial charge in [-0.1, -0.05) is 35.9 Å². The van der Waals surface area contributed by atoms with E-state index < -0.39 is 0 Å². The highest BCUT2D eigenvalue weighted by Crippen LogP contribution is 2.22. The Bertz CT molecular complexity index is 733. The van der Waals surface area contributed by atoms with Crippen molar-refractivity contribution in [1.82, 2.24) is 9.55 Å². The SMILES string of the molecule is CCNc1nc2ccccc2n1Cc1cccc(Cl)c1. The zero-order valence-corrected chi connectivity index (χ0v) is 12.1. The molecule has 1 heterocycles. The van der Waals surface area contributed by atoms with E-state index >= 15 is 0 Å². The predicted octanol–water partition coefficient (Wildman–Crippen LogP) is 4.17. The minimum absolute atomic E-state index is 0.753. The minimum atomic E-state index is 0.753. The largest absolute Gasteiger partial charge is 0.356 e. The van der Waals surface area contributed by atoms with Crippen LogP contribution in [0.1, 0.15) is 12.5 Å². The van der Waals surface area contributed by atoms with Crippen molar-refractivity contribution >= 4 is 28.6 Å². The van der Waals surface area contributed by atoms with Gasteiger partial charge in [0.15, 0.2) is 0 Å². The summed E-state index contributed by atoms with van der Waals surface area (Å²) in [7, 11) is 0. The summed E-state index contributed by atoms with van der Waals surface area (Å²) in [5, 5.41) is 4.08. The van der Waals surface area contributed by atoms with E-state index in [2.05, 4.69) is 33.9 Å². The summed E-state index contributed by atoms with van der Waals surface area (Å²) in [5.41, 5.74) is 3.30. The van der Waals surface area contributed by atoms with E-state index in [0.29, 0.717) is 0 Å². The Labute approximate surface area is 123 Å². The van der Waals surface area contributed by atoms with Crippen LogP contribution in [0.5, 0.6) is 0 Å². The summed E-state index contributed by atoms with van der Waals surface area (Å²) in [6, 6.07) is 16.1. The molecule has 0 aliphatic rings. The predicted molar refractivity (Wildman–Crippen MR) is 84.5 cm³/mol. The van der Waals surface area contributed by atoms with Crippen molar-refractivity contribution in [2.45, 2.75) is 13.5 Å². The number of nitrogens with one attached hydrogen (secondary N) is 1. The fourth-order valence-electron chi connectivity index (χ4n) is 2.35. The van der Waals surface area contributed by atoms with E-state index in [1.807, 2.05) is 36.4 Å². The van der Waals surface area contributed by atoms with Crippen molar-refractivity contribution in [3.63, 3.8) is 0 Å². The number of imidazole rings is 1. The van der Waals surface area contributed by atoms with Crippen molar-refractivity contribution in [3.8, 4) is 0 Å². The third-order valence-corrected chi connectivity index (χ3v) is 3.45. The average molecular weight is 286 g/mol. The van der Waals surface area contributed by atoms with Crippen LogP contribution in [-0.2, 0) is 6.54 Å². The average Bonchev–Trinajstić information content (AvgIpc) is 2.78. The quantitative estimate of drug-likeness (QED) is 0.780. The number of hydrogen-bond donors (Lipinski definition) is 1. The van der Waals surface area contributed by atoms with E-state index in [1.54, 1.807) is 0 Å². The Morgan fingerprint density at radius 3 is 2.80 bits per heavy atom. The molecule has 0 unspecified atom stereocenters. The van der Waals surface area contributed by atoms with E-state index in [4.69, 9.17) is 11.6 Å². The molecule has 3 aromatic rings. The zero-order valence-electron chi connectivity index (χ0n) is 11.3. The summed E-state index contributed by atoms with van der Waals surface area (Å²) >= 11 is 6.06. The smallest absolute Gasteiger partial charge is 0.204 e. The van der Waals surface area contributed by atoms with Gasteiger partial charge in [-0.2, -0.15) is 0 Å². The van der Waals surface area contributed by atoms with Gasteiger partial charge < -0.3 is 9.88 Å². The topological polar surface area (TPSA) is 29.9 Å². The van der Waals surface area contributed by atoms with Crippen molar-refractivity contribution < 1.29 is 0 Å². The summed E-state index contributed by atoms with van der Waals surface area (Å²) in [6.07, 6.45) is 0. The molecule has 0 atom stereocenters. The lowest BCUT2D eigenvalue weighted by Crippen LogP contribution is -2.07. The highest BCUT2D eigenvalue weighted by atomic mass is 35.5. The van der Waals surface area contributed by atoms with Crippen molar-refractivity contribution in [2.75, 3.05) is 11.9 Å². The minimum Gasteiger partial charge on any atom is -0.356 e. The van der Waals surface area contributed by atoms with Gasteiger partial charge >= 0.3 is 0 Å². The highest BCUT2D eigenvalue weighted by Gasteiger charge is 2.10. The number of para-hydroxylation sites is 2. The number of benzene rings is 2. The molecule has 0 fully saturated rings. The number of nitrogens with zero attached hydrogens (tertiary/aromatic N) is 2. The molecular formula is C16H16ClN3. The second-order valence-electron chi connectivity index (χ2n) is 4.67. The Hall–Kier alpha value is -2.00.